The first-order valence-electron chi connectivity index (χ1n) is 9.14. The molecule has 3 rings (SSSR count). The number of aryl methyl sites for hydroxylation is 3. The Morgan fingerprint density at radius 2 is 1.70 bits per heavy atom. The summed E-state index contributed by atoms with van der Waals surface area (Å²) in [6.07, 6.45) is 1.38. The number of aromatic nitrogens is 2. The molecule has 0 unspecified atom stereocenters. The lowest BCUT2D eigenvalue weighted by Crippen LogP contribution is -2.15. The van der Waals surface area contributed by atoms with Gasteiger partial charge in [0.2, 0.25) is 0 Å². The van der Waals surface area contributed by atoms with Crippen LogP contribution >= 0.6 is 0 Å². The number of benzene rings is 2. The predicted octanol–water partition coefficient (Wildman–Crippen LogP) is 4.72. The monoisotopic (exact) mass is 386 g/mol. The zero-order valence-corrected chi connectivity index (χ0v) is 17.5. The topological polar surface area (TPSA) is 61.2 Å². The van der Waals surface area contributed by atoms with Gasteiger partial charge in [-0.05, 0) is 80.1 Å². The van der Waals surface area contributed by atoms with Crippen molar-refractivity contribution < 1.29 is 13.2 Å². The Kier molecular flexibility index (Phi) is 5.04. The molecule has 0 saturated carbocycles. The number of hydrogen-bond donors (Lipinski definition) is 0. The van der Waals surface area contributed by atoms with E-state index >= 15 is 0 Å². The van der Waals surface area contributed by atoms with Crippen molar-refractivity contribution in [2.24, 2.45) is 0 Å². The summed E-state index contributed by atoms with van der Waals surface area (Å²) in [6, 6.07) is 7.34. The highest BCUT2D eigenvalue weighted by Gasteiger charge is 2.26. The molecular weight excluding hydrogens is 360 g/mol. The Balaban J connectivity index is 2.29. The fourth-order valence-electron chi connectivity index (χ4n) is 3.31. The van der Waals surface area contributed by atoms with Gasteiger partial charge in [0.1, 0.15) is 17.0 Å². The van der Waals surface area contributed by atoms with Crippen molar-refractivity contribution in [3.63, 3.8) is 0 Å². The van der Waals surface area contributed by atoms with E-state index in [9.17, 15) is 8.42 Å². The van der Waals surface area contributed by atoms with E-state index in [0.29, 0.717) is 23.4 Å². The Morgan fingerprint density at radius 3 is 2.33 bits per heavy atom. The molecule has 0 aliphatic rings. The summed E-state index contributed by atoms with van der Waals surface area (Å²) >= 11 is 0. The first kappa shape index (κ1) is 19.4. The molecule has 0 fully saturated rings. The Bertz CT molecular complexity index is 1110. The summed E-state index contributed by atoms with van der Waals surface area (Å²) in [7, 11) is -3.85. The molecule has 27 heavy (non-hydrogen) atoms. The van der Waals surface area contributed by atoms with E-state index in [1.54, 1.807) is 6.07 Å². The normalized spacial score (nSPS) is 12.1. The van der Waals surface area contributed by atoms with Gasteiger partial charge in [-0.15, -0.1) is 0 Å². The maximum atomic E-state index is 13.5. The zero-order chi connectivity index (χ0) is 19.9. The Hall–Kier alpha value is -2.34. The quantitative estimate of drug-likeness (QED) is 0.636. The van der Waals surface area contributed by atoms with E-state index in [0.717, 1.165) is 22.3 Å². The second-order valence-electron chi connectivity index (χ2n) is 7.21. The van der Waals surface area contributed by atoms with E-state index in [1.165, 1.54) is 10.3 Å². The van der Waals surface area contributed by atoms with Crippen LogP contribution in [0.1, 0.15) is 48.9 Å². The van der Waals surface area contributed by atoms with Crippen LogP contribution in [0.15, 0.2) is 35.5 Å². The SMILES string of the molecule is CCOc1cc(C)c(C(C)C)cc1S(=O)(=O)n1cnc2cc(C)c(C)cc21. The lowest BCUT2D eigenvalue weighted by molar-refractivity contribution is 0.330. The molecule has 144 valence electrons. The molecule has 1 heterocycles. The minimum absolute atomic E-state index is 0.177. The summed E-state index contributed by atoms with van der Waals surface area (Å²) in [6.45, 7) is 12.3. The molecule has 3 aromatic rings. The molecule has 0 radical (unpaired) electrons. The maximum absolute atomic E-state index is 13.5. The van der Waals surface area contributed by atoms with Crippen LogP contribution in [0.2, 0.25) is 0 Å². The number of fused-ring (bicyclic) bond motifs is 1. The summed E-state index contributed by atoms with van der Waals surface area (Å²) in [5, 5.41) is 0. The van der Waals surface area contributed by atoms with E-state index in [4.69, 9.17) is 4.74 Å². The van der Waals surface area contributed by atoms with Gasteiger partial charge in [-0.2, -0.15) is 0 Å². The first-order valence-corrected chi connectivity index (χ1v) is 10.6. The third-order valence-electron chi connectivity index (χ3n) is 4.92. The van der Waals surface area contributed by atoms with Gasteiger partial charge in [0.25, 0.3) is 10.0 Å². The van der Waals surface area contributed by atoms with E-state index in [-0.39, 0.29) is 10.8 Å². The van der Waals surface area contributed by atoms with Crippen LogP contribution in [0.5, 0.6) is 5.75 Å². The first-order chi connectivity index (χ1) is 12.7. The molecule has 1 aromatic heterocycles. The number of rotatable bonds is 5. The highest BCUT2D eigenvalue weighted by Crippen LogP contribution is 2.34. The lowest BCUT2D eigenvalue weighted by atomic mass is 9.98. The van der Waals surface area contributed by atoms with Gasteiger partial charge >= 0.3 is 0 Å². The minimum Gasteiger partial charge on any atom is -0.492 e. The van der Waals surface area contributed by atoms with Crippen molar-refractivity contribution in [1.29, 1.82) is 0 Å². The van der Waals surface area contributed by atoms with Gasteiger partial charge in [0.15, 0.2) is 0 Å². The Labute approximate surface area is 161 Å². The molecule has 0 amide bonds. The van der Waals surface area contributed by atoms with Crippen LogP contribution in [-0.4, -0.2) is 24.0 Å². The molecule has 0 aliphatic carbocycles. The predicted molar refractivity (Wildman–Crippen MR) is 108 cm³/mol. The van der Waals surface area contributed by atoms with Gasteiger partial charge < -0.3 is 4.74 Å². The van der Waals surface area contributed by atoms with E-state index in [2.05, 4.69) is 18.8 Å². The third kappa shape index (κ3) is 3.34. The van der Waals surface area contributed by atoms with E-state index in [1.807, 2.05) is 45.9 Å². The largest absolute Gasteiger partial charge is 0.492 e. The third-order valence-corrected chi connectivity index (χ3v) is 6.60. The second kappa shape index (κ2) is 7.00. The van der Waals surface area contributed by atoms with Gasteiger partial charge in [0.05, 0.1) is 17.6 Å². The van der Waals surface area contributed by atoms with Crippen LogP contribution < -0.4 is 4.74 Å². The summed E-state index contributed by atoms with van der Waals surface area (Å²) in [4.78, 5) is 4.48. The number of hydrogen-bond acceptors (Lipinski definition) is 4. The smallest absolute Gasteiger partial charge is 0.273 e. The molecule has 0 spiro atoms. The molecule has 0 bridgehead atoms. The average Bonchev–Trinajstić information content (AvgIpc) is 2.98. The van der Waals surface area contributed by atoms with Crippen LogP contribution in [0.3, 0.4) is 0 Å². The molecule has 2 aromatic carbocycles. The van der Waals surface area contributed by atoms with Crippen molar-refractivity contribution in [3.8, 4) is 5.75 Å². The Morgan fingerprint density at radius 1 is 1.04 bits per heavy atom. The van der Waals surface area contributed by atoms with Gasteiger partial charge in [0, 0.05) is 0 Å². The van der Waals surface area contributed by atoms with Crippen molar-refractivity contribution in [2.45, 2.75) is 52.4 Å². The molecular formula is C21H26N2O3S. The molecule has 5 nitrogen and oxygen atoms in total. The van der Waals surface area contributed by atoms with Gasteiger partial charge in [-0.3, -0.25) is 0 Å². The van der Waals surface area contributed by atoms with Crippen LogP contribution in [0.4, 0.5) is 0 Å². The average molecular weight is 387 g/mol. The highest BCUT2D eigenvalue weighted by atomic mass is 32.2. The fraction of sp³-hybridized carbons (Fsp3) is 0.381. The van der Waals surface area contributed by atoms with Gasteiger partial charge in [-0.25, -0.2) is 17.4 Å². The molecule has 0 N–H and O–H groups in total. The van der Waals surface area contributed by atoms with Crippen molar-refractivity contribution in [2.75, 3.05) is 6.61 Å². The second-order valence-corrected chi connectivity index (χ2v) is 9.00. The number of imidazole rings is 1. The minimum atomic E-state index is -3.85. The highest BCUT2D eigenvalue weighted by molar-refractivity contribution is 7.90. The molecule has 0 saturated heterocycles. The zero-order valence-electron chi connectivity index (χ0n) is 16.7. The molecule has 0 atom stereocenters. The summed E-state index contributed by atoms with van der Waals surface area (Å²) in [5.41, 5.74) is 5.36. The van der Waals surface area contributed by atoms with Crippen molar-refractivity contribution in [3.05, 3.63) is 52.8 Å². The number of nitrogens with zero attached hydrogens (tertiary/aromatic N) is 2. The van der Waals surface area contributed by atoms with E-state index < -0.39 is 10.0 Å². The maximum Gasteiger partial charge on any atom is 0.273 e. The van der Waals surface area contributed by atoms with Crippen molar-refractivity contribution >= 4 is 21.1 Å². The van der Waals surface area contributed by atoms with Crippen LogP contribution in [0.25, 0.3) is 11.0 Å². The standard InChI is InChI=1S/C21H26N2O3S/c1-7-26-20-10-16(6)17(13(2)3)11-21(20)27(24,25)23-12-22-18-8-14(4)15(5)9-19(18)23/h8-13H,7H2,1-6H3. The fourth-order valence-corrected chi connectivity index (χ4v) is 4.75. The molecule has 6 heteroatoms. The van der Waals surface area contributed by atoms with Crippen LogP contribution in [0, 0.1) is 20.8 Å². The summed E-state index contributed by atoms with van der Waals surface area (Å²) < 4.78 is 34.0. The number of ether oxygens (including phenoxy) is 1. The van der Waals surface area contributed by atoms with Gasteiger partial charge in [-0.1, -0.05) is 13.8 Å². The summed E-state index contributed by atoms with van der Waals surface area (Å²) in [5.74, 6) is 0.587. The lowest BCUT2D eigenvalue weighted by Gasteiger charge is -2.17. The molecule has 0 aliphatic heterocycles. The van der Waals surface area contributed by atoms with Crippen molar-refractivity contribution in [1.82, 2.24) is 8.96 Å². The van der Waals surface area contributed by atoms with Crippen LogP contribution in [-0.2, 0) is 10.0 Å².